The number of hydrogen-bond acceptors (Lipinski definition) is 2. The van der Waals surface area contributed by atoms with Crippen LogP contribution < -0.4 is 5.73 Å². The van der Waals surface area contributed by atoms with Crippen LogP contribution in [-0.2, 0) is 0 Å². The summed E-state index contributed by atoms with van der Waals surface area (Å²) in [5.41, 5.74) is 5.63. The number of piperidine rings is 1. The molecule has 0 aromatic carbocycles. The first-order valence-electron chi connectivity index (χ1n) is 5.68. The molecule has 0 aromatic rings. The second-order valence-corrected chi connectivity index (χ2v) is 4.62. The SMILES string of the molecule is CC(C)CN1CCCC[C@H]1CCN. The van der Waals surface area contributed by atoms with Gasteiger partial charge in [0.15, 0.2) is 0 Å². The van der Waals surface area contributed by atoms with Gasteiger partial charge in [0.25, 0.3) is 0 Å². The van der Waals surface area contributed by atoms with Gasteiger partial charge in [-0.3, -0.25) is 0 Å². The highest BCUT2D eigenvalue weighted by Crippen LogP contribution is 2.20. The van der Waals surface area contributed by atoms with Gasteiger partial charge in [0.05, 0.1) is 0 Å². The van der Waals surface area contributed by atoms with E-state index in [-0.39, 0.29) is 0 Å². The van der Waals surface area contributed by atoms with E-state index in [1.165, 1.54) is 38.8 Å². The molecule has 0 aromatic heterocycles. The molecule has 0 bridgehead atoms. The van der Waals surface area contributed by atoms with Crippen LogP contribution in [0.25, 0.3) is 0 Å². The molecule has 1 fully saturated rings. The first-order chi connectivity index (χ1) is 6.24. The van der Waals surface area contributed by atoms with Gasteiger partial charge in [-0.1, -0.05) is 20.3 Å². The molecule has 1 heterocycles. The summed E-state index contributed by atoms with van der Waals surface area (Å²) in [4.78, 5) is 2.64. The van der Waals surface area contributed by atoms with Crippen molar-refractivity contribution < 1.29 is 0 Å². The number of rotatable bonds is 4. The van der Waals surface area contributed by atoms with Gasteiger partial charge in [-0.05, 0) is 38.3 Å². The standard InChI is InChI=1S/C11H24N2/c1-10(2)9-13-8-4-3-5-11(13)6-7-12/h10-11H,3-9,12H2,1-2H3/t11-/m0/s1. The van der Waals surface area contributed by atoms with Crippen LogP contribution in [0.4, 0.5) is 0 Å². The molecule has 1 saturated heterocycles. The Kier molecular flexibility index (Phi) is 4.74. The fourth-order valence-corrected chi connectivity index (χ4v) is 2.29. The molecule has 0 radical (unpaired) electrons. The molecule has 1 atom stereocenters. The minimum absolute atomic E-state index is 0.779. The van der Waals surface area contributed by atoms with E-state index in [0.29, 0.717) is 0 Å². The molecule has 1 aliphatic heterocycles. The summed E-state index contributed by atoms with van der Waals surface area (Å²) in [5, 5.41) is 0. The molecule has 0 unspecified atom stereocenters. The zero-order chi connectivity index (χ0) is 9.68. The lowest BCUT2D eigenvalue weighted by atomic mass is 9.98. The zero-order valence-corrected chi connectivity index (χ0v) is 9.13. The molecule has 0 spiro atoms. The quantitative estimate of drug-likeness (QED) is 0.722. The summed E-state index contributed by atoms with van der Waals surface area (Å²) >= 11 is 0. The number of likely N-dealkylation sites (tertiary alicyclic amines) is 1. The highest BCUT2D eigenvalue weighted by molar-refractivity contribution is 4.77. The van der Waals surface area contributed by atoms with Gasteiger partial charge in [0, 0.05) is 12.6 Å². The average Bonchev–Trinajstić information content (AvgIpc) is 2.08. The summed E-state index contributed by atoms with van der Waals surface area (Å²) < 4.78 is 0. The van der Waals surface area contributed by atoms with E-state index in [2.05, 4.69) is 18.7 Å². The molecular weight excluding hydrogens is 160 g/mol. The maximum absolute atomic E-state index is 5.63. The van der Waals surface area contributed by atoms with Gasteiger partial charge in [-0.2, -0.15) is 0 Å². The Morgan fingerprint density at radius 3 is 2.77 bits per heavy atom. The molecule has 0 saturated carbocycles. The maximum atomic E-state index is 5.63. The topological polar surface area (TPSA) is 29.3 Å². The molecule has 78 valence electrons. The van der Waals surface area contributed by atoms with Crippen molar-refractivity contribution >= 4 is 0 Å². The lowest BCUT2D eigenvalue weighted by Gasteiger charge is -2.36. The van der Waals surface area contributed by atoms with Crippen molar-refractivity contribution in [2.45, 2.75) is 45.6 Å². The van der Waals surface area contributed by atoms with Crippen molar-refractivity contribution in [3.63, 3.8) is 0 Å². The molecule has 2 heteroatoms. The predicted octanol–water partition coefficient (Wildman–Crippen LogP) is 1.85. The van der Waals surface area contributed by atoms with Crippen molar-refractivity contribution in [2.24, 2.45) is 11.7 Å². The minimum atomic E-state index is 0.779. The van der Waals surface area contributed by atoms with Crippen LogP contribution >= 0.6 is 0 Å². The van der Waals surface area contributed by atoms with Gasteiger partial charge >= 0.3 is 0 Å². The van der Waals surface area contributed by atoms with Crippen molar-refractivity contribution in [1.82, 2.24) is 4.90 Å². The summed E-state index contributed by atoms with van der Waals surface area (Å²) in [6, 6.07) is 0.779. The van der Waals surface area contributed by atoms with Crippen LogP contribution in [0.5, 0.6) is 0 Å². The summed E-state index contributed by atoms with van der Waals surface area (Å²) in [6.45, 7) is 8.00. The Morgan fingerprint density at radius 1 is 1.38 bits per heavy atom. The Balaban J connectivity index is 2.36. The molecule has 13 heavy (non-hydrogen) atoms. The predicted molar refractivity (Wildman–Crippen MR) is 57.7 cm³/mol. The summed E-state index contributed by atoms with van der Waals surface area (Å²) in [5.74, 6) is 0.790. The zero-order valence-electron chi connectivity index (χ0n) is 9.13. The molecular formula is C11H24N2. The highest BCUT2D eigenvalue weighted by atomic mass is 15.2. The summed E-state index contributed by atoms with van der Waals surface area (Å²) in [6.07, 6.45) is 5.34. The van der Waals surface area contributed by atoms with E-state index < -0.39 is 0 Å². The monoisotopic (exact) mass is 184 g/mol. The molecule has 1 aliphatic rings. The second-order valence-electron chi connectivity index (χ2n) is 4.62. The van der Waals surface area contributed by atoms with Gasteiger partial charge in [-0.15, -0.1) is 0 Å². The van der Waals surface area contributed by atoms with E-state index >= 15 is 0 Å². The van der Waals surface area contributed by atoms with E-state index in [4.69, 9.17) is 5.73 Å². The largest absolute Gasteiger partial charge is 0.330 e. The molecule has 1 rings (SSSR count). The number of hydrogen-bond donors (Lipinski definition) is 1. The number of nitrogens with zero attached hydrogens (tertiary/aromatic N) is 1. The highest BCUT2D eigenvalue weighted by Gasteiger charge is 2.21. The third-order valence-electron chi connectivity index (χ3n) is 2.85. The molecule has 2 nitrogen and oxygen atoms in total. The third kappa shape index (κ3) is 3.65. The van der Waals surface area contributed by atoms with Crippen molar-refractivity contribution in [3.05, 3.63) is 0 Å². The summed E-state index contributed by atoms with van der Waals surface area (Å²) in [7, 11) is 0. The van der Waals surface area contributed by atoms with Crippen LogP contribution in [-0.4, -0.2) is 30.6 Å². The van der Waals surface area contributed by atoms with Gasteiger partial charge in [0.1, 0.15) is 0 Å². The maximum Gasteiger partial charge on any atom is 0.0107 e. The van der Waals surface area contributed by atoms with Crippen molar-refractivity contribution in [1.29, 1.82) is 0 Å². The molecule has 0 aliphatic carbocycles. The van der Waals surface area contributed by atoms with E-state index in [0.717, 1.165) is 18.5 Å². The minimum Gasteiger partial charge on any atom is -0.330 e. The van der Waals surface area contributed by atoms with E-state index in [9.17, 15) is 0 Å². The second kappa shape index (κ2) is 5.61. The van der Waals surface area contributed by atoms with Crippen LogP contribution in [0, 0.1) is 5.92 Å². The van der Waals surface area contributed by atoms with Gasteiger partial charge in [-0.25, -0.2) is 0 Å². The Hall–Kier alpha value is -0.0800. The fraction of sp³-hybridized carbons (Fsp3) is 1.00. The first kappa shape index (κ1) is 11.0. The lowest BCUT2D eigenvalue weighted by Crippen LogP contribution is -2.42. The fourth-order valence-electron chi connectivity index (χ4n) is 2.29. The van der Waals surface area contributed by atoms with Gasteiger partial charge in [0.2, 0.25) is 0 Å². The third-order valence-corrected chi connectivity index (χ3v) is 2.85. The van der Waals surface area contributed by atoms with Gasteiger partial charge < -0.3 is 10.6 Å². The molecule has 0 amide bonds. The van der Waals surface area contributed by atoms with Crippen molar-refractivity contribution in [2.75, 3.05) is 19.6 Å². The molecule has 2 N–H and O–H groups in total. The van der Waals surface area contributed by atoms with Crippen LogP contribution in [0.15, 0.2) is 0 Å². The Bertz CT molecular complexity index is 132. The van der Waals surface area contributed by atoms with E-state index in [1.54, 1.807) is 0 Å². The van der Waals surface area contributed by atoms with Crippen LogP contribution in [0.1, 0.15) is 39.5 Å². The number of nitrogens with two attached hydrogens (primary N) is 1. The smallest absolute Gasteiger partial charge is 0.0107 e. The normalized spacial score (nSPS) is 25.4. The average molecular weight is 184 g/mol. The van der Waals surface area contributed by atoms with Crippen LogP contribution in [0.3, 0.4) is 0 Å². The first-order valence-corrected chi connectivity index (χ1v) is 5.68. The Labute approximate surface area is 82.5 Å². The van der Waals surface area contributed by atoms with Crippen molar-refractivity contribution in [3.8, 4) is 0 Å². The van der Waals surface area contributed by atoms with Crippen LogP contribution in [0.2, 0.25) is 0 Å². The lowest BCUT2D eigenvalue weighted by molar-refractivity contribution is 0.126. The van der Waals surface area contributed by atoms with E-state index in [1.807, 2.05) is 0 Å². The Morgan fingerprint density at radius 2 is 2.15 bits per heavy atom.